The summed E-state index contributed by atoms with van der Waals surface area (Å²) in [7, 11) is 0. The molecule has 0 aliphatic carbocycles. The number of ketones is 1. The third-order valence-corrected chi connectivity index (χ3v) is 5.85. The van der Waals surface area contributed by atoms with Crippen LogP contribution in [-0.2, 0) is 11.3 Å². The SMILES string of the molecule is O=C1CNCC2=C1[C@H](c1cccc(C(=O)NCc3ccc(OC(F)(F)F)cc3)c1)c1cn[nH]c1N2. The summed E-state index contributed by atoms with van der Waals surface area (Å²) < 4.78 is 40.8. The van der Waals surface area contributed by atoms with Crippen molar-refractivity contribution in [1.29, 1.82) is 0 Å². The average Bonchev–Trinajstić information content (AvgIpc) is 3.29. The van der Waals surface area contributed by atoms with Gasteiger partial charge in [-0.25, -0.2) is 0 Å². The summed E-state index contributed by atoms with van der Waals surface area (Å²) in [5, 5.41) is 16.1. The predicted molar refractivity (Wildman–Crippen MR) is 120 cm³/mol. The number of aromatic nitrogens is 2. The quantitative estimate of drug-likeness (QED) is 0.444. The Kier molecular flexibility index (Phi) is 5.77. The second kappa shape index (κ2) is 8.91. The average molecular weight is 483 g/mol. The number of hydrogen-bond acceptors (Lipinski definition) is 6. The first-order chi connectivity index (χ1) is 16.8. The molecule has 2 aromatic carbocycles. The van der Waals surface area contributed by atoms with Crippen LogP contribution in [0.5, 0.6) is 5.75 Å². The molecule has 4 N–H and O–H groups in total. The number of rotatable bonds is 5. The number of H-pyrrole nitrogens is 1. The zero-order valence-electron chi connectivity index (χ0n) is 18.2. The van der Waals surface area contributed by atoms with Crippen molar-refractivity contribution < 1.29 is 27.5 Å². The molecular weight excluding hydrogens is 463 g/mol. The first kappa shape index (κ1) is 22.7. The van der Waals surface area contributed by atoms with Crippen molar-refractivity contribution >= 4 is 17.5 Å². The van der Waals surface area contributed by atoms with E-state index in [9.17, 15) is 22.8 Å². The topological polar surface area (TPSA) is 108 Å². The minimum atomic E-state index is -4.76. The number of hydrogen-bond donors (Lipinski definition) is 4. The fourth-order valence-corrected chi connectivity index (χ4v) is 4.33. The minimum absolute atomic E-state index is 0.0246. The van der Waals surface area contributed by atoms with Gasteiger partial charge in [0, 0.05) is 41.4 Å². The highest BCUT2D eigenvalue weighted by molar-refractivity contribution is 6.02. The highest BCUT2D eigenvalue weighted by Gasteiger charge is 2.36. The number of halogens is 3. The van der Waals surface area contributed by atoms with E-state index >= 15 is 0 Å². The van der Waals surface area contributed by atoms with Crippen molar-refractivity contribution in [2.45, 2.75) is 18.8 Å². The first-order valence-corrected chi connectivity index (χ1v) is 10.8. The Morgan fingerprint density at radius 1 is 1.14 bits per heavy atom. The van der Waals surface area contributed by atoms with E-state index in [1.165, 1.54) is 24.3 Å². The second-order valence-electron chi connectivity index (χ2n) is 8.18. The van der Waals surface area contributed by atoms with Gasteiger partial charge in [0.2, 0.25) is 0 Å². The van der Waals surface area contributed by atoms with Crippen LogP contribution in [0, 0.1) is 0 Å². The van der Waals surface area contributed by atoms with Crippen molar-refractivity contribution in [1.82, 2.24) is 20.8 Å². The Morgan fingerprint density at radius 2 is 1.94 bits per heavy atom. The number of Topliss-reactive ketones (excluding diaryl/α,β-unsaturated/α-hetero) is 1. The predicted octanol–water partition coefficient (Wildman–Crippen LogP) is 3.22. The molecule has 5 rings (SSSR count). The highest BCUT2D eigenvalue weighted by atomic mass is 19.4. The summed E-state index contributed by atoms with van der Waals surface area (Å²) in [6, 6.07) is 12.3. The number of nitrogens with zero attached hydrogens (tertiary/aromatic N) is 1. The zero-order chi connectivity index (χ0) is 24.6. The van der Waals surface area contributed by atoms with Crippen molar-refractivity contribution in [3.8, 4) is 5.75 Å². The van der Waals surface area contributed by atoms with E-state index in [2.05, 4.69) is 30.9 Å². The molecule has 2 aliphatic rings. The second-order valence-corrected chi connectivity index (χ2v) is 8.18. The van der Waals surface area contributed by atoms with Crippen LogP contribution in [-0.4, -0.2) is 41.3 Å². The fraction of sp³-hybridized carbons (Fsp3) is 0.208. The van der Waals surface area contributed by atoms with Gasteiger partial charge in [-0.15, -0.1) is 13.2 Å². The zero-order valence-corrected chi connectivity index (χ0v) is 18.2. The van der Waals surface area contributed by atoms with Gasteiger partial charge in [-0.1, -0.05) is 24.3 Å². The van der Waals surface area contributed by atoms with E-state index in [0.29, 0.717) is 29.1 Å². The Morgan fingerprint density at radius 3 is 2.71 bits per heavy atom. The number of alkyl halides is 3. The number of anilines is 1. The monoisotopic (exact) mass is 483 g/mol. The number of aromatic amines is 1. The molecule has 3 aromatic rings. The lowest BCUT2D eigenvalue weighted by Crippen LogP contribution is -2.39. The number of fused-ring (bicyclic) bond motifs is 1. The summed E-state index contributed by atoms with van der Waals surface area (Å²) in [6.07, 6.45) is -3.09. The van der Waals surface area contributed by atoms with E-state index < -0.39 is 6.36 Å². The molecule has 3 heterocycles. The Labute approximate surface area is 197 Å². The first-order valence-electron chi connectivity index (χ1n) is 10.8. The Hall–Kier alpha value is -4.12. The summed E-state index contributed by atoms with van der Waals surface area (Å²) >= 11 is 0. The van der Waals surface area contributed by atoms with Crippen LogP contribution in [0.1, 0.15) is 33.0 Å². The number of carbonyl (C=O) groups is 2. The van der Waals surface area contributed by atoms with E-state index in [1.807, 2.05) is 6.07 Å². The van der Waals surface area contributed by atoms with Crippen molar-refractivity contribution in [3.05, 3.63) is 88.3 Å². The van der Waals surface area contributed by atoms with Gasteiger partial charge in [0.15, 0.2) is 5.78 Å². The van der Waals surface area contributed by atoms with Crippen LogP contribution in [0.25, 0.3) is 0 Å². The molecule has 1 amide bonds. The molecule has 180 valence electrons. The van der Waals surface area contributed by atoms with E-state index in [1.54, 1.807) is 24.4 Å². The van der Waals surface area contributed by atoms with Crippen molar-refractivity contribution in [2.75, 3.05) is 18.4 Å². The molecule has 8 nitrogen and oxygen atoms in total. The van der Waals surface area contributed by atoms with Crippen LogP contribution in [0.4, 0.5) is 19.0 Å². The van der Waals surface area contributed by atoms with Gasteiger partial charge in [-0.05, 0) is 35.4 Å². The molecule has 0 saturated heterocycles. The van der Waals surface area contributed by atoms with E-state index in [0.717, 1.165) is 16.8 Å². The minimum Gasteiger partial charge on any atom is -0.406 e. The standard InChI is InChI=1S/C24H20F3N5O3/c25-24(26,27)35-16-6-4-13(5-7-16)9-29-23(34)15-3-1-2-14(8-15)20-17-10-30-32-22(17)31-18-11-28-12-19(33)21(18)20/h1-8,10,20,28H,9,11-12H2,(H,29,34)(H2,30,31,32)/t20-/m1/s1. The normalized spacial score (nSPS) is 17.3. The highest BCUT2D eigenvalue weighted by Crippen LogP contribution is 2.41. The number of carbonyl (C=O) groups excluding carboxylic acids is 2. The third kappa shape index (κ3) is 4.76. The summed E-state index contributed by atoms with van der Waals surface area (Å²) in [4.78, 5) is 25.6. The van der Waals surface area contributed by atoms with Crippen molar-refractivity contribution in [2.24, 2.45) is 0 Å². The Balaban J connectivity index is 1.34. The molecule has 2 aliphatic heterocycles. The van der Waals surface area contributed by atoms with Crippen molar-refractivity contribution in [3.63, 3.8) is 0 Å². The van der Waals surface area contributed by atoms with Gasteiger partial charge in [0.05, 0.1) is 12.7 Å². The fourth-order valence-electron chi connectivity index (χ4n) is 4.33. The lowest BCUT2D eigenvalue weighted by atomic mass is 9.79. The van der Waals surface area contributed by atoms with Gasteiger partial charge in [-0.3, -0.25) is 14.7 Å². The van der Waals surface area contributed by atoms with Crippen LogP contribution in [0.3, 0.4) is 0 Å². The summed E-state index contributed by atoms with van der Waals surface area (Å²) in [5.74, 6) is -0.373. The van der Waals surface area contributed by atoms with Gasteiger partial charge < -0.3 is 20.7 Å². The molecule has 1 atom stereocenters. The van der Waals surface area contributed by atoms with Crippen LogP contribution in [0.2, 0.25) is 0 Å². The van der Waals surface area contributed by atoms with Crippen LogP contribution >= 0.6 is 0 Å². The molecule has 0 bridgehead atoms. The molecule has 35 heavy (non-hydrogen) atoms. The Bertz CT molecular complexity index is 1310. The molecule has 11 heteroatoms. The number of benzene rings is 2. The summed E-state index contributed by atoms with van der Waals surface area (Å²) in [5.41, 5.74) is 4.02. The molecule has 0 spiro atoms. The van der Waals surface area contributed by atoms with Gasteiger partial charge >= 0.3 is 6.36 Å². The number of ether oxygens (including phenoxy) is 1. The molecule has 0 unspecified atom stereocenters. The smallest absolute Gasteiger partial charge is 0.406 e. The lowest BCUT2D eigenvalue weighted by Gasteiger charge is -2.32. The molecular formula is C24H20F3N5O3. The lowest BCUT2D eigenvalue weighted by molar-refractivity contribution is -0.274. The largest absolute Gasteiger partial charge is 0.573 e. The molecule has 0 fully saturated rings. The number of amides is 1. The maximum atomic E-state index is 12.8. The summed E-state index contributed by atoms with van der Waals surface area (Å²) in [6.45, 7) is 0.869. The van der Waals surface area contributed by atoms with Gasteiger partial charge in [-0.2, -0.15) is 5.10 Å². The molecule has 1 aromatic heterocycles. The van der Waals surface area contributed by atoms with E-state index in [4.69, 9.17) is 0 Å². The number of nitrogens with one attached hydrogen (secondary N) is 4. The van der Waals surface area contributed by atoms with Gasteiger partial charge in [0.25, 0.3) is 5.91 Å². The van der Waals surface area contributed by atoms with Gasteiger partial charge in [0.1, 0.15) is 11.6 Å². The third-order valence-electron chi connectivity index (χ3n) is 5.85. The maximum Gasteiger partial charge on any atom is 0.573 e. The molecule has 0 radical (unpaired) electrons. The molecule has 0 saturated carbocycles. The van der Waals surface area contributed by atoms with Crippen LogP contribution < -0.4 is 20.7 Å². The van der Waals surface area contributed by atoms with E-state index in [-0.39, 0.29) is 36.4 Å². The maximum absolute atomic E-state index is 12.8. The van der Waals surface area contributed by atoms with Crippen LogP contribution in [0.15, 0.2) is 66.0 Å².